The lowest BCUT2D eigenvalue weighted by molar-refractivity contribution is -0.116. The Bertz CT molecular complexity index is 852. The van der Waals surface area contributed by atoms with Gasteiger partial charge in [0.1, 0.15) is 5.65 Å². The molecule has 0 bridgehead atoms. The van der Waals surface area contributed by atoms with Crippen LogP contribution in [0.3, 0.4) is 0 Å². The first kappa shape index (κ1) is 14.7. The summed E-state index contributed by atoms with van der Waals surface area (Å²) >= 11 is 7.48. The monoisotopic (exact) mass is 332 g/mol. The van der Waals surface area contributed by atoms with Gasteiger partial charge in [-0.1, -0.05) is 11.6 Å². The molecule has 0 atom stereocenters. The molecule has 0 saturated carbocycles. The zero-order valence-corrected chi connectivity index (χ0v) is 13.4. The van der Waals surface area contributed by atoms with Gasteiger partial charge in [0.05, 0.1) is 28.0 Å². The number of aryl methyl sites for hydroxylation is 1. The molecule has 3 rings (SSSR count). The minimum Gasteiger partial charge on any atom is -0.347 e. The number of fused-ring (bicyclic) bond motifs is 1. The Balaban J connectivity index is 1.61. The number of amides is 1. The molecule has 0 aliphatic rings. The Hall–Kier alpha value is -2.18. The molecule has 3 aromatic heterocycles. The Morgan fingerprint density at radius 2 is 2.27 bits per heavy atom. The number of halogens is 1. The first-order valence-electron chi connectivity index (χ1n) is 6.61. The second-order valence-corrected chi connectivity index (χ2v) is 6.19. The zero-order chi connectivity index (χ0) is 15.5. The number of imidazole rings is 1. The number of pyridine rings is 1. The molecule has 22 heavy (non-hydrogen) atoms. The molecule has 0 aliphatic carbocycles. The Morgan fingerprint density at radius 1 is 1.41 bits per heavy atom. The van der Waals surface area contributed by atoms with Crippen LogP contribution in [0.4, 0.5) is 0 Å². The third-order valence-electron chi connectivity index (χ3n) is 2.95. The van der Waals surface area contributed by atoms with E-state index in [1.165, 1.54) is 6.08 Å². The van der Waals surface area contributed by atoms with Gasteiger partial charge in [-0.3, -0.25) is 4.79 Å². The molecule has 7 heteroatoms. The Morgan fingerprint density at radius 3 is 3.05 bits per heavy atom. The van der Waals surface area contributed by atoms with Gasteiger partial charge in [0.25, 0.3) is 0 Å². The predicted molar refractivity (Wildman–Crippen MR) is 87.9 cm³/mol. The van der Waals surface area contributed by atoms with Crippen molar-refractivity contribution in [3.63, 3.8) is 0 Å². The average molecular weight is 333 g/mol. The maximum Gasteiger partial charge on any atom is 0.244 e. The summed E-state index contributed by atoms with van der Waals surface area (Å²) < 4.78 is 1.83. The first-order chi connectivity index (χ1) is 10.6. The van der Waals surface area contributed by atoms with Crippen molar-refractivity contribution in [1.82, 2.24) is 19.7 Å². The van der Waals surface area contributed by atoms with E-state index in [2.05, 4.69) is 15.3 Å². The summed E-state index contributed by atoms with van der Waals surface area (Å²) in [6.07, 6.45) is 6.79. The fourth-order valence-corrected chi connectivity index (χ4v) is 2.71. The van der Waals surface area contributed by atoms with Crippen molar-refractivity contribution in [2.75, 3.05) is 0 Å². The Kier molecular flexibility index (Phi) is 4.22. The number of carbonyl (C=O) groups is 1. The van der Waals surface area contributed by atoms with E-state index >= 15 is 0 Å². The molecule has 1 N–H and O–H groups in total. The highest BCUT2D eigenvalue weighted by molar-refractivity contribution is 7.09. The number of carbonyl (C=O) groups excluding carboxylic acids is 1. The van der Waals surface area contributed by atoms with Gasteiger partial charge in [-0.2, -0.15) is 0 Å². The smallest absolute Gasteiger partial charge is 0.244 e. The molecule has 0 fully saturated rings. The molecule has 5 nitrogen and oxygen atoms in total. The number of nitrogens with one attached hydrogen (secondary N) is 1. The van der Waals surface area contributed by atoms with Crippen LogP contribution >= 0.6 is 22.9 Å². The van der Waals surface area contributed by atoms with Gasteiger partial charge < -0.3 is 9.72 Å². The van der Waals surface area contributed by atoms with Gasteiger partial charge in [0.2, 0.25) is 5.91 Å². The highest BCUT2D eigenvalue weighted by Gasteiger charge is 2.03. The van der Waals surface area contributed by atoms with Crippen LogP contribution in [-0.2, 0) is 11.3 Å². The number of hydrogen-bond acceptors (Lipinski definition) is 4. The number of aromatic nitrogens is 3. The van der Waals surface area contributed by atoms with Crippen molar-refractivity contribution >= 4 is 40.6 Å². The highest BCUT2D eigenvalue weighted by Crippen LogP contribution is 2.12. The summed E-state index contributed by atoms with van der Waals surface area (Å²) in [5.74, 6) is -0.180. The molecule has 1 amide bonds. The lowest BCUT2D eigenvalue weighted by Crippen LogP contribution is -2.20. The van der Waals surface area contributed by atoms with Crippen LogP contribution in [0.1, 0.15) is 16.4 Å². The van der Waals surface area contributed by atoms with Crippen LogP contribution in [0.5, 0.6) is 0 Å². The number of rotatable bonds is 4. The molecule has 0 radical (unpaired) electrons. The van der Waals surface area contributed by atoms with Crippen molar-refractivity contribution < 1.29 is 4.79 Å². The van der Waals surface area contributed by atoms with Gasteiger partial charge >= 0.3 is 0 Å². The van der Waals surface area contributed by atoms with Crippen LogP contribution in [0, 0.1) is 6.92 Å². The summed E-state index contributed by atoms with van der Waals surface area (Å²) in [6, 6.07) is 3.61. The summed E-state index contributed by atoms with van der Waals surface area (Å²) in [4.78, 5) is 20.5. The summed E-state index contributed by atoms with van der Waals surface area (Å²) in [7, 11) is 0. The molecular weight excluding hydrogens is 320 g/mol. The van der Waals surface area contributed by atoms with Crippen LogP contribution in [0.25, 0.3) is 11.7 Å². The van der Waals surface area contributed by atoms with Gasteiger partial charge in [-0.05, 0) is 25.1 Å². The normalized spacial score (nSPS) is 11.4. The van der Waals surface area contributed by atoms with Gasteiger partial charge in [-0.15, -0.1) is 11.3 Å². The van der Waals surface area contributed by atoms with Gasteiger partial charge in [0.15, 0.2) is 0 Å². The molecule has 0 aliphatic heterocycles. The second-order valence-electron chi connectivity index (χ2n) is 4.69. The summed E-state index contributed by atoms with van der Waals surface area (Å²) in [5.41, 5.74) is 2.36. The average Bonchev–Trinajstić information content (AvgIpc) is 3.08. The van der Waals surface area contributed by atoms with E-state index in [9.17, 15) is 4.79 Å². The highest BCUT2D eigenvalue weighted by atomic mass is 35.5. The molecule has 0 saturated heterocycles. The number of nitrogens with zero attached hydrogens (tertiary/aromatic N) is 3. The zero-order valence-electron chi connectivity index (χ0n) is 11.8. The molecule has 0 spiro atoms. The van der Waals surface area contributed by atoms with Crippen LogP contribution < -0.4 is 5.32 Å². The van der Waals surface area contributed by atoms with Crippen molar-refractivity contribution in [2.24, 2.45) is 0 Å². The third-order valence-corrected chi connectivity index (χ3v) is 3.97. The minimum absolute atomic E-state index is 0.180. The predicted octanol–water partition coefficient (Wildman–Crippen LogP) is 3.08. The van der Waals surface area contributed by atoms with Crippen LogP contribution in [-0.4, -0.2) is 20.3 Å². The van der Waals surface area contributed by atoms with E-state index in [1.54, 1.807) is 29.7 Å². The van der Waals surface area contributed by atoms with Gasteiger partial charge in [0, 0.05) is 23.8 Å². The van der Waals surface area contributed by atoms with E-state index in [1.807, 2.05) is 29.0 Å². The number of hydrogen-bond donors (Lipinski definition) is 1. The first-order valence-corrected chi connectivity index (χ1v) is 7.87. The fraction of sp³-hybridized carbons (Fsp3) is 0.133. The fourth-order valence-electron chi connectivity index (χ4n) is 1.96. The second kappa shape index (κ2) is 6.29. The minimum atomic E-state index is -0.180. The van der Waals surface area contributed by atoms with Crippen molar-refractivity contribution in [3.8, 4) is 0 Å². The maximum atomic E-state index is 11.8. The van der Waals surface area contributed by atoms with Crippen molar-refractivity contribution in [2.45, 2.75) is 13.5 Å². The van der Waals surface area contributed by atoms with E-state index in [0.717, 1.165) is 22.0 Å². The van der Waals surface area contributed by atoms with Crippen LogP contribution in [0.15, 0.2) is 36.0 Å². The SMILES string of the molecule is Cc1nc(/C=C/C(=O)NCc2cn3cc(Cl)ccc3n2)cs1. The van der Waals surface area contributed by atoms with Crippen molar-refractivity contribution in [1.29, 1.82) is 0 Å². The van der Waals surface area contributed by atoms with Crippen LogP contribution in [0.2, 0.25) is 5.02 Å². The lowest BCUT2D eigenvalue weighted by Gasteiger charge is -1.97. The topological polar surface area (TPSA) is 59.3 Å². The molecule has 112 valence electrons. The molecule has 0 aromatic carbocycles. The summed E-state index contributed by atoms with van der Waals surface area (Å²) in [5, 5.41) is 6.32. The standard InChI is InChI=1S/C15H13ClN4OS/c1-10-18-12(9-22-10)3-5-15(21)17-6-13-8-20-7-11(16)2-4-14(20)19-13/h2-5,7-9H,6H2,1H3,(H,17,21)/b5-3+. The third kappa shape index (κ3) is 3.52. The molecule has 0 unspecified atom stereocenters. The van der Waals surface area contributed by atoms with E-state index in [0.29, 0.717) is 11.6 Å². The van der Waals surface area contributed by atoms with E-state index < -0.39 is 0 Å². The molecular formula is C15H13ClN4OS. The summed E-state index contributed by atoms with van der Waals surface area (Å²) in [6.45, 7) is 2.29. The number of thiazole rings is 1. The maximum absolute atomic E-state index is 11.8. The molecule has 3 heterocycles. The largest absolute Gasteiger partial charge is 0.347 e. The molecule has 3 aromatic rings. The van der Waals surface area contributed by atoms with E-state index in [-0.39, 0.29) is 5.91 Å². The quantitative estimate of drug-likeness (QED) is 0.747. The van der Waals surface area contributed by atoms with E-state index in [4.69, 9.17) is 11.6 Å². The Labute approximate surface area is 136 Å². The van der Waals surface area contributed by atoms with Gasteiger partial charge in [-0.25, -0.2) is 9.97 Å². The van der Waals surface area contributed by atoms with Crippen molar-refractivity contribution in [3.05, 3.63) is 57.4 Å². The lowest BCUT2D eigenvalue weighted by atomic mass is 10.4.